The van der Waals surface area contributed by atoms with Crippen LogP contribution in [0.3, 0.4) is 0 Å². The van der Waals surface area contributed by atoms with Crippen molar-refractivity contribution in [3.63, 3.8) is 0 Å². The monoisotopic (exact) mass is 420 g/mol. The Hall–Kier alpha value is -0.830. The number of sulfonamides is 1. The molecule has 0 atom stereocenters. The first-order chi connectivity index (χ1) is 12.0. The molecule has 0 bridgehead atoms. The van der Waals surface area contributed by atoms with E-state index >= 15 is 0 Å². The maximum Gasteiger partial charge on any atom is 0.252 e. The third kappa shape index (κ3) is 4.67. The van der Waals surface area contributed by atoms with Crippen molar-refractivity contribution in [1.82, 2.24) is 9.21 Å². The topological polar surface area (TPSA) is 49.9 Å². The molecule has 0 saturated carbocycles. The Morgan fingerprint density at radius 3 is 2.40 bits per heavy atom. The van der Waals surface area contributed by atoms with E-state index in [9.17, 15) is 8.42 Å². The van der Waals surface area contributed by atoms with Gasteiger partial charge in [0.1, 0.15) is 16.6 Å². The molecular formula is C16H18Cl2N2O3S2. The number of halogens is 2. The van der Waals surface area contributed by atoms with Crippen LogP contribution in [0.2, 0.25) is 9.36 Å². The number of hydrogen-bond acceptors (Lipinski definition) is 5. The van der Waals surface area contributed by atoms with E-state index < -0.39 is 10.0 Å². The lowest BCUT2D eigenvalue weighted by molar-refractivity contribution is 0.159. The fourth-order valence-electron chi connectivity index (χ4n) is 2.60. The first kappa shape index (κ1) is 18.9. The summed E-state index contributed by atoms with van der Waals surface area (Å²) >= 11 is 13.0. The highest BCUT2D eigenvalue weighted by Crippen LogP contribution is 2.28. The Bertz CT molecular complexity index is 818. The van der Waals surface area contributed by atoms with Crippen molar-refractivity contribution >= 4 is 44.6 Å². The van der Waals surface area contributed by atoms with Gasteiger partial charge < -0.3 is 4.74 Å². The second-order valence-corrected chi connectivity index (χ2v) is 9.87. The normalized spacial score (nSPS) is 16.9. The predicted molar refractivity (Wildman–Crippen MR) is 101 cm³/mol. The van der Waals surface area contributed by atoms with E-state index in [0.29, 0.717) is 52.1 Å². The minimum absolute atomic E-state index is 0.299. The minimum Gasteiger partial charge on any atom is -0.491 e. The molecule has 9 heteroatoms. The first-order valence-electron chi connectivity index (χ1n) is 7.82. The number of rotatable bonds is 6. The van der Waals surface area contributed by atoms with Gasteiger partial charge in [-0.3, -0.25) is 4.90 Å². The number of piperazine rings is 1. The molecule has 1 saturated heterocycles. The minimum atomic E-state index is -3.44. The van der Waals surface area contributed by atoms with Gasteiger partial charge in [-0.15, -0.1) is 11.3 Å². The molecule has 5 nitrogen and oxygen atoms in total. The molecule has 0 radical (unpaired) electrons. The Kier molecular flexibility index (Phi) is 6.25. The quantitative estimate of drug-likeness (QED) is 0.717. The molecule has 0 amide bonds. The molecule has 0 unspecified atom stereocenters. The maximum atomic E-state index is 12.6. The molecule has 1 aliphatic rings. The Labute approximate surface area is 161 Å². The van der Waals surface area contributed by atoms with Crippen LogP contribution in [0.15, 0.2) is 40.6 Å². The van der Waals surface area contributed by atoms with Crippen LogP contribution >= 0.6 is 34.5 Å². The van der Waals surface area contributed by atoms with Crippen molar-refractivity contribution in [2.24, 2.45) is 0 Å². The standard InChI is InChI=1S/C16H18Cl2N2O3S2/c17-13-3-1-2-4-14(13)23-12-11-19-7-9-20(10-8-19)25(21,22)16-6-5-15(18)24-16/h1-6H,7-12H2. The van der Waals surface area contributed by atoms with Gasteiger partial charge in [-0.2, -0.15) is 4.31 Å². The van der Waals surface area contributed by atoms with Gasteiger partial charge in [0.2, 0.25) is 0 Å². The van der Waals surface area contributed by atoms with E-state index in [4.69, 9.17) is 27.9 Å². The second-order valence-electron chi connectivity index (χ2n) is 5.58. The summed E-state index contributed by atoms with van der Waals surface area (Å²) in [5, 5.41) is 0.591. The zero-order valence-corrected chi connectivity index (χ0v) is 16.5. The van der Waals surface area contributed by atoms with Crippen LogP contribution in [0.4, 0.5) is 0 Å². The highest BCUT2D eigenvalue weighted by Gasteiger charge is 2.29. The molecule has 2 heterocycles. The van der Waals surface area contributed by atoms with Gasteiger partial charge in [0.15, 0.2) is 0 Å². The zero-order chi connectivity index (χ0) is 17.9. The van der Waals surface area contributed by atoms with E-state index in [0.717, 1.165) is 17.9 Å². The highest BCUT2D eigenvalue weighted by molar-refractivity contribution is 7.91. The van der Waals surface area contributed by atoms with Crippen molar-refractivity contribution in [3.8, 4) is 5.75 Å². The maximum absolute atomic E-state index is 12.6. The fourth-order valence-corrected chi connectivity index (χ4v) is 5.85. The van der Waals surface area contributed by atoms with Crippen molar-refractivity contribution in [3.05, 3.63) is 45.8 Å². The second kappa shape index (κ2) is 8.24. The summed E-state index contributed by atoms with van der Waals surface area (Å²) in [6.07, 6.45) is 0. The van der Waals surface area contributed by atoms with Gasteiger partial charge in [0, 0.05) is 32.7 Å². The van der Waals surface area contributed by atoms with Gasteiger partial charge in [-0.25, -0.2) is 8.42 Å². The van der Waals surface area contributed by atoms with E-state index in [2.05, 4.69) is 4.90 Å². The van der Waals surface area contributed by atoms with Crippen LogP contribution in [-0.2, 0) is 10.0 Å². The molecule has 3 rings (SSSR count). The molecule has 1 aromatic heterocycles. The molecule has 136 valence electrons. The van der Waals surface area contributed by atoms with Crippen LogP contribution in [0.25, 0.3) is 0 Å². The fraction of sp³-hybridized carbons (Fsp3) is 0.375. The smallest absolute Gasteiger partial charge is 0.252 e. The number of nitrogens with zero attached hydrogens (tertiary/aromatic N) is 2. The number of thiophene rings is 1. The Balaban J connectivity index is 1.48. The third-order valence-electron chi connectivity index (χ3n) is 3.98. The lowest BCUT2D eigenvalue weighted by atomic mass is 10.3. The summed E-state index contributed by atoms with van der Waals surface area (Å²) < 4.78 is 33.1. The molecule has 0 aliphatic carbocycles. The average molecular weight is 421 g/mol. The number of ether oxygens (including phenoxy) is 1. The molecule has 0 spiro atoms. The lowest BCUT2D eigenvalue weighted by Crippen LogP contribution is -2.49. The lowest BCUT2D eigenvalue weighted by Gasteiger charge is -2.33. The molecular weight excluding hydrogens is 403 g/mol. The van der Waals surface area contributed by atoms with E-state index in [-0.39, 0.29) is 0 Å². The third-order valence-corrected chi connectivity index (χ3v) is 7.89. The van der Waals surface area contributed by atoms with Crippen molar-refractivity contribution in [2.45, 2.75) is 4.21 Å². The molecule has 0 N–H and O–H groups in total. The zero-order valence-electron chi connectivity index (χ0n) is 13.4. The summed E-state index contributed by atoms with van der Waals surface area (Å²) in [6, 6.07) is 10.5. The summed E-state index contributed by atoms with van der Waals surface area (Å²) in [6.45, 7) is 3.50. The predicted octanol–water partition coefficient (Wildman–Crippen LogP) is 3.44. The summed E-state index contributed by atoms with van der Waals surface area (Å²) in [7, 11) is -3.44. The molecule has 2 aromatic rings. The van der Waals surface area contributed by atoms with E-state index in [1.54, 1.807) is 18.2 Å². The molecule has 25 heavy (non-hydrogen) atoms. The number of benzene rings is 1. The van der Waals surface area contributed by atoms with Crippen molar-refractivity contribution in [1.29, 1.82) is 0 Å². The van der Waals surface area contributed by atoms with Crippen molar-refractivity contribution in [2.75, 3.05) is 39.3 Å². The molecule has 1 aliphatic heterocycles. The summed E-state index contributed by atoms with van der Waals surface area (Å²) in [4.78, 5) is 2.18. The Morgan fingerprint density at radius 1 is 1.04 bits per heavy atom. The summed E-state index contributed by atoms with van der Waals surface area (Å²) in [5.41, 5.74) is 0. The highest BCUT2D eigenvalue weighted by atomic mass is 35.5. The van der Waals surface area contributed by atoms with Crippen LogP contribution in [0, 0.1) is 0 Å². The van der Waals surface area contributed by atoms with Gasteiger partial charge in [-0.1, -0.05) is 35.3 Å². The average Bonchev–Trinajstić information content (AvgIpc) is 3.04. The van der Waals surface area contributed by atoms with E-state index in [1.165, 1.54) is 4.31 Å². The van der Waals surface area contributed by atoms with E-state index in [1.807, 2.05) is 18.2 Å². The van der Waals surface area contributed by atoms with Crippen LogP contribution in [-0.4, -0.2) is 57.0 Å². The van der Waals surface area contributed by atoms with Gasteiger partial charge in [0.05, 0.1) is 9.36 Å². The van der Waals surface area contributed by atoms with Crippen LogP contribution in [0.5, 0.6) is 5.75 Å². The Morgan fingerprint density at radius 2 is 1.76 bits per heavy atom. The van der Waals surface area contributed by atoms with Gasteiger partial charge in [0.25, 0.3) is 10.0 Å². The first-order valence-corrected chi connectivity index (χ1v) is 10.8. The van der Waals surface area contributed by atoms with Crippen LogP contribution < -0.4 is 4.74 Å². The van der Waals surface area contributed by atoms with Gasteiger partial charge in [-0.05, 0) is 24.3 Å². The van der Waals surface area contributed by atoms with Crippen molar-refractivity contribution < 1.29 is 13.2 Å². The van der Waals surface area contributed by atoms with Gasteiger partial charge >= 0.3 is 0 Å². The number of para-hydroxylation sites is 1. The number of hydrogen-bond donors (Lipinski definition) is 0. The summed E-state index contributed by atoms with van der Waals surface area (Å²) in [5.74, 6) is 0.667. The molecule has 1 aromatic carbocycles. The van der Waals surface area contributed by atoms with Crippen LogP contribution in [0.1, 0.15) is 0 Å². The SMILES string of the molecule is O=S(=O)(c1ccc(Cl)s1)N1CCN(CCOc2ccccc2Cl)CC1. The molecule has 1 fully saturated rings. The largest absolute Gasteiger partial charge is 0.491 e.